The molecule has 0 bridgehead atoms. The minimum absolute atomic E-state index is 0.177. The summed E-state index contributed by atoms with van der Waals surface area (Å²) in [7, 11) is 0. The van der Waals surface area contributed by atoms with Crippen molar-refractivity contribution in [1.29, 1.82) is 0 Å². The summed E-state index contributed by atoms with van der Waals surface area (Å²) < 4.78 is 16.9. The minimum Gasteiger partial charge on any atom is -0.490 e. The zero-order chi connectivity index (χ0) is 19.6. The standard InChI is InChI=1S/C21H26ClNO4/c1-4-18(27-17-9-7-8-16(22)13-17)21(24)23-14-15-10-11-19(25-5-2)20(12-15)26-6-3/h7-13,18H,4-6,14H2,1-3H3,(H,23,24)/t18-/m1/s1. The molecule has 0 saturated heterocycles. The van der Waals surface area contributed by atoms with E-state index in [4.69, 9.17) is 25.8 Å². The summed E-state index contributed by atoms with van der Waals surface area (Å²) in [5.74, 6) is 1.77. The molecule has 27 heavy (non-hydrogen) atoms. The summed E-state index contributed by atoms with van der Waals surface area (Å²) in [5.41, 5.74) is 0.924. The van der Waals surface area contributed by atoms with Crippen LogP contribution >= 0.6 is 11.6 Å². The average Bonchev–Trinajstić information content (AvgIpc) is 2.66. The maximum Gasteiger partial charge on any atom is 0.261 e. The van der Waals surface area contributed by atoms with E-state index in [-0.39, 0.29) is 5.91 Å². The maximum absolute atomic E-state index is 12.5. The van der Waals surface area contributed by atoms with Crippen LogP contribution in [0, 0.1) is 0 Å². The van der Waals surface area contributed by atoms with Crippen molar-refractivity contribution in [2.75, 3.05) is 13.2 Å². The van der Waals surface area contributed by atoms with Gasteiger partial charge >= 0.3 is 0 Å². The second-order valence-electron chi connectivity index (χ2n) is 5.84. The molecule has 2 aromatic rings. The third-order valence-corrected chi connectivity index (χ3v) is 4.05. The maximum atomic E-state index is 12.5. The van der Waals surface area contributed by atoms with Gasteiger partial charge in [-0.2, -0.15) is 0 Å². The Labute approximate surface area is 165 Å². The monoisotopic (exact) mass is 391 g/mol. The summed E-state index contributed by atoms with van der Waals surface area (Å²) >= 11 is 5.97. The van der Waals surface area contributed by atoms with Crippen molar-refractivity contribution in [2.45, 2.75) is 39.8 Å². The molecule has 0 aromatic heterocycles. The Bertz CT molecular complexity index is 751. The normalized spacial score (nSPS) is 11.6. The lowest BCUT2D eigenvalue weighted by Crippen LogP contribution is -2.37. The molecule has 2 rings (SSSR count). The number of hydrogen-bond donors (Lipinski definition) is 1. The predicted octanol–water partition coefficient (Wildman–Crippen LogP) is 4.61. The van der Waals surface area contributed by atoms with E-state index in [2.05, 4.69) is 5.32 Å². The van der Waals surface area contributed by atoms with Gasteiger partial charge in [-0.15, -0.1) is 0 Å². The van der Waals surface area contributed by atoms with Gasteiger partial charge in [0, 0.05) is 11.6 Å². The fourth-order valence-corrected chi connectivity index (χ4v) is 2.72. The van der Waals surface area contributed by atoms with Crippen LogP contribution in [0.4, 0.5) is 0 Å². The lowest BCUT2D eigenvalue weighted by atomic mass is 10.2. The molecule has 0 aliphatic carbocycles. The highest BCUT2D eigenvalue weighted by Crippen LogP contribution is 2.28. The summed E-state index contributed by atoms with van der Waals surface area (Å²) in [4.78, 5) is 12.5. The van der Waals surface area contributed by atoms with Crippen molar-refractivity contribution in [3.8, 4) is 17.2 Å². The van der Waals surface area contributed by atoms with Gasteiger partial charge in [0.25, 0.3) is 5.91 Å². The number of benzene rings is 2. The summed E-state index contributed by atoms with van der Waals surface area (Å²) in [5, 5.41) is 3.48. The minimum atomic E-state index is -0.586. The molecule has 0 unspecified atom stereocenters. The van der Waals surface area contributed by atoms with Gasteiger partial charge in [-0.1, -0.05) is 30.7 Å². The van der Waals surface area contributed by atoms with Gasteiger partial charge in [-0.25, -0.2) is 0 Å². The number of carbonyl (C=O) groups is 1. The van der Waals surface area contributed by atoms with E-state index in [0.717, 1.165) is 5.56 Å². The molecule has 1 atom stereocenters. The number of halogens is 1. The Hall–Kier alpha value is -2.40. The van der Waals surface area contributed by atoms with Crippen molar-refractivity contribution in [1.82, 2.24) is 5.32 Å². The number of hydrogen-bond acceptors (Lipinski definition) is 4. The van der Waals surface area contributed by atoms with Crippen LogP contribution in [0.25, 0.3) is 0 Å². The first-order chi connectivity index (χ1) is 13.1. The van der Waals surface area contributed by atoms with Gasteiger partial charge in [0.2, 0.25) is 0 Å². The molecular formula is C21H26ClNO4. The molecule has 0 spiro atoms. The molecule has 146 valence electrons. The molecule has 1 amide bonds. The van der Waals surface area contributed by atoms with Gasteiger partial charge in [-0.3, -0.25) is 4.79 Å². The lowest BCUT2D eigenvalue weighted by molar-refractivity contribution is -0.128. The van der Waals surface area contributed by atoms with Gasteiger partial charge < -0.3 is 19.5 Å². The van der Waals surface area contributed by atoms with Crippen molar-refractivity contribution in [3.63, 3.8) is 0 Å². The molecule has 0 heterocycles. The summed E-state index contributed by atoms with van der Waals surface area (Å²) in [6.07, 6.45) is -0.0382. The van der Waals surface area contributed by atoms with Gasteiger partial charge in [-0.05, 0) is 56.2 Å². The van der Waals surface area contributed by atoms with Crippen LogP contribution in [-0.4, -0.2) is 25.2 Å². The van der Waals surface area contributed by atoms with Crippen molar-refractivity contribution < 1.29 is 19.0 Å². The van der Waals surface area contributed by atoms with Crippen molar-refractivity contribution in [2.24, 2.45) is 0 Å². The van der Waals surface area contributed by atoms with Crippen molar-refractivity contribution in [3.05, 3.63) is 53.1 Å². The number of nitrogens with one attached hydrogen (secondary N) is 1. The van der Waals surface area contributed by atoms with Crippen LogP contribution in [0.3, 0.4) is 0 Å². The molecule has 0 saturated carbocycles. The quantitative estimate of drug-likeness (QED) is 0.642. The Morgan fingerprint density at radius 3 is 2.44 bits per heavy atom. The van der Waals surface area contributed by atoms with Crippen LogP contribution in [0.1, 0.15) is 32.8 Å². The highest BCUT2D eigenvalue weighted by atomic mass is 35.5. The largest absolute Gasteiger partial charge is 0.490 e. The Morgan fingerprint density at radius 2 is 1.78 bits per heavy atom. The Morgan fingerprint density at radius 1 is 1.04 bits per heavy atom. The highest BCUT2D eigenvalue weighted by molar-refractivity contribution is 6.30. The Balaban J connectivity index is 1.99. The molecule has 0 fully saturated rings. The number of amides is 1. The third kappa shape index (κ3) is 6.36. The molecule has 2 aromatic carbocycles. The highest BCUT2D eigenvalue weighted by Gasteiger charge is 2.18. The van der Waals surface area contributed by atoms with E-state index in [1.54, 1.807) is 24.3 Å². The zero-order valence-corrected chi connectivity index (χ0v) is 16.7. The molecule has 6 heteroatoms. The second kappa shape index (κ2) is 10.7. The first-order valence-electron chi connectivity index (χ1n) is 9.15. The fourth-order valence-electron chi connectivity index (χ4n) is 2.54. The lowest BCUT2D eigenvalue weighted by Gasteiger charge is -2.18. The molecular weight excluding hydrogens is 366 g/mol. The van der Waals surface area contributed by atoms with E-state index in [1.807, 2.05) is 39.0 Å². The van der Waals surface area contributed by atoms with Crippen molar-refractivity contribution >= 4 is 17.5 Å². The van der Waals surface area contributed by atoms with Gasteiger partial charge in [0.15, 0.2) is 17.6 Å². The Kier molecular flexibility index (Phi) is 8.27. The summed E-state index contributed by atoms with van der Waals surface area (Å²) in [6.45, 7) is 7.23. The molecule has 0 radical (unpaired) electrons. The molecule has 0 aliphatic rings. The van der Waals surface area contributed by atoms with E-state index < -0.39 is 6.10 Å². The smallest absolute Gasteiger partial charge is 0.261 e. The van der Waals surface area contributed by atoms with Gasteiger partial charge in [0.1, 0.15) is 5.75 Å². The van der Waals surface area contributed by atoms with Crippen LogP contribution in [0.5, 0.6) is 17.2 Å². The number of carbonyl (C=O) groups excluding carboxylic acids is 1. The first kappa shape index (κ1) is 20.9. The van der Waals surface area contributed by atoms with E-state index in [1.165, 1.54) is 0 Å². The molecule has 0 aliphatic heterocycles. The van der Waals surface area contributed by atoms with Crippen LogP contribution in [0.2, 0.25) is 5.02 Å². The third-order valence-electron chi connectivity index (χ3n) is 3.81. The zero-order valence-electron chi connectivity index (χ0n) is 16.0. The number of rotatable bonds is 10. The SMILES string of the molecule is CCOc1ccc(CNC(=O)[C@@H](CC)Oc2cccc(Cl)c2)cc1OCC. The topological polar surface area (TPSA) is 56.8 Å². The van der Waals surface area contributed by atoms with Crippen LogP contribution < -0.4 is 19.5 Å². The second-order valence-corrected chi connectivity index (χ2v) is 6.27. The van der Waals surface area contributed by atoms with Gasteiger partial charge in [0.05, 0.1) is 13.2 Å². The molecule has 5 nitrogen and oxygen atoms in total. The van der Waals surface area contributed by atoms with E-state index >= 15 is 0 Å². The predicted molar refractivity (Wildman–Crippen MR) is 107 cm³/mol. The fraction of sp³-hybridized carbons (Fsp3) is 0.381. The molecule has 1 N–H and O–H groups in total. The van der Waals surface area contributed by atoms with Crippen LogP contribution in [0.15, 0.2) is 42.5 Å². The average molecular weight is 392 g/mol. The summed E-state index contributed by atoms with van der Waals surface area (Å²) in [6, 6.07) is 12.7. The van der Waals surface area contributed by atoms with E-state index in [9.17, 15) is 4.79 Å². The first-order valence-corrected chi connectivity index (χ1v) is 9.53. The number of ether oxygens (including phenoxy) is 3. The van der Waals surface area contributed by atoms with Crippen LogP contribution in [-0.2, 0) is 11.3 Å². The van der Waals surface area contributed by atoms with E-state index in [0.29, 0.717) is 48.5 Å².